The summed E-state index contributed by atoms with van der Waals surface area (Å²) in [5.74, 6) is 0.169. The highest BCUT2D eigenvalue weighted by molar-refractivity contribution is 9.10. The molecule has 0 unspecified atom stereocenters. The quantitative estimate of drug-likeness (QED) is 0.808. The van der Waals surface area contributed by atoms with E-state index in [0.29, 0.717) is 5.76 Å². The smallest absolute Gasteiger partial charge is 0.238 e. The summed E-state index contributed by atoms with van der Waals surface area (Å²) in [7, 11) is 1.52. The lowest BCUT2D eigenvalue weighted by Gasteiger charge is -1.94. The molecule has 2 rings (SSSR count). The Kier molecular flexibility index (Phi) is 3.56. The predicted octanol–water partition coefficient (Wildman–Crippen LogP) is 3.17. The minimum atomic E-state index is -3.61. The van der Waals surface area contributed by atoms with Gasteiger partial charge in [-0.3, -0.25) is 0 Å². The topological polar surface area (TPSA) is 60.2 Å². The van der Waals surface area contributed by atoms with Gasteiger partial charge < -0.3 is 4.52 Å². The Labute approximate surface area is 111 Å². The minimum Gasteiger partial charge on any atom is -0.356 e. The van der Waals surface area contributed by atoms with Gasteiger partial charge in [-0.25, -0.2) is 8.42 Å². The number of nitrogens with zero attached hydrogens (tertiary/aromatic N) is 1. The van der Waals surface area contributed by atoms with E-state index in [0.717, 1.165) is 10.0 Å². The van der Waals surface area contributed by atoms with Crippen LogP contribution in [0.3, 0.4) is 0 Å². The second-order valence-corrected chi connectivity index (χ2v) is 7.07. The predicted molar refractivity (Wildman–Crippen MR) is 68.1 cm³/mol. The van der Waals surface area contributed by atoms with Crippen LogP contribution >= 0.6 is 26.6 Å². The largest absolute Gasteiger partial charge is 0.356 e. The molecule has 0 N–H and O–H groups in total. The Morgan fingerprint density at radius 2 is 1.94 bits per heavy atom. The molecule has 0 amide bonds. The van der Waals surface area contributed by atoms with E-state index in [9.17, 15) is 8.42 Å². The van der Waals surface area contributed by atoms with E-state index in [1.54, 1.807) is 6.07 Å². The lowest BCUT2D eigenvalue weighted by molar-refractivity contribution is 0.426. The van der Waals surface area contributed by atoms with Crippen molar-refractivity contribution in [3.8, 4) is 11.3 Å². The van der Waals surface area contributed by atoms with Gasteiger partial charge in [0.25, 0.3) is 0 Å². The maximum absolute atomic E-state index is 10.9. The van der Waals surface area contributed by atoms with Crippen molar-refractivity contribution in [3.05, 3.63) is 40.5 Å². The van der Waals surface area contributed by atoms with Crippen LogP contribution < -0.4 is 0 Å². The van der Waals surface area contributed by atoms with E-state index in [1.165, 1.54) is 0 Å². The molecule has 0 aliphatic heterocycles. The highest BCUT2D eigenvalue weighted by Gasteiger charge is 2.13. The number of aromatic nitrogens is 1. The Morgan fingerprint density at radius 1 is 1.29 bits per heavy atom. The summed E-state index contributed by atoms with van der Waals surface area (Å²) in [4.78, 5) is 0. The second-order valence-electron chi connectivity index (χ2n) is 3.37. The van der Waals surface area contributed by atoms with Crippen molar-refractivity contribution in [2.75, 3.05) is 0 Å². The van der Waals surface area contributed by atoms with Crippen molar-refractivity contribution in [3.63, 3.8) is 0 Å². The van der Waals surface area contributed by atoms with E-state index >= 15 is 0 Å². The maximum atomic E-state index is 10.9. The summed E-state index contributed by atoms with van der Waals surface area (Å²) >= 11 is 3.32. The van der Waals surface area contributed by atoms with Crippen LogP contribution in [0.5, 0.6) is 0 Å². The molecule has 2 aromatic rings. The molecule has 0 aliphatic carbocycles. The molecule has 0 fully saturated rings. The molecule has 0 saturated carbocycles. The van der Waals surface area contributed by atoms with Gasteiger partial charge in [0, 0.05) is 26.8 Å². The molecular formula is C10H7BrClNO3S. The molecule has 0 radical (unpaired) electrons. The maximum Gasteiger partial charge on any atom is 0.238 e. The zero-order valence-electron chi connectivity index (χ0n) is 8.43. The Balaban J connectivity index is 2.27. The molecular weight excluding hydrogens is 330 g/mol. The van der Waals surface area contributed by atoms with Gasteiger partial charge in [-0.05, 0) is 12.1 Å². The minimum absolute atomic E-state index is 0.290. The average Bonchev–Trinajstić information content (AvgIpc) is 2.64. The third kappa shape index (κ3) is 3.55. The van der Waals surface area contributed by atoms with Crippen molar-refractivity contribution in [1.29, 1.82) is 0 Å². The Morgan fingerprint density at radius 3 is 2.53 bits per heavy atom. The van der Waals surface area contributed by atoms with Crippen LogP contribution in [0, 0.1) is 0 Å². The van der Waals surface area contributed by atoms with Gasteiger partial charge in [-0.15, -0.1) is 0 Å². The van der Waals surface area contributed by atoms with E-state index in [1.807, 2.05) is 24.3 Å². The van der Waals surface area contributed by atoms with Gasteiger partial charge in [0.2, 0.25) is 9.05 Å². The molecule has 0 spiro atoms. The van der Waals surface area contributed by atoms with Gasteiger partial charge in [0.1, 0.15) is 11.4 Å². The van der Waals surface area contributed by atoms with Gasteiger partial charge in [-0.2, -0.15) is 0 Å². The van der Waals surface area contributed by atoms with Crippen molar-refractivity contribution in [1.82, 2.24) is 5.16 Å². The van der Waals surface area contributed by atoms with Gasteiger partial charge in [0.05, 0.1) is 0 Å². The standard InChI is InChI=1S/C10H7BrClNO3S/c11-8-3-1-7(2-4-8)10-5-9(13-16-10)6-17(12,14)15/h1-5H,6H2. The van der Waals surface area contributed by atoms with Crippen LogP contribution in [0.25, 0.3) is 11.3 Å². The third-order valence-corrected chi connectivity index (χ3v) is 3.50. The highest BCUT2D eigenvalue weighted by atomic mass is 79.9. The van der Waals surface area contributed by atoms with Crippen LogP contribution in [-0.4, -0.2) is 13.6 Å². The summed E-state index contributed by atoms with van der Waals surface area (Å²) in [6, 6.07) is 8.95. The van der Waals surface area contributed by atoms with Crippen LogP contribution in [0.4, 0.5) is 0 Å². The second kappa shape index (κ2) is 4.80. The van der Waals surface area contributed by atoms with Crippen LogP contribution in [-0.2, 0) is 14.8 Å². The molecule has 1 heterocycles. The van der Waals surface area contributed by atoms with Crippen molar-refractivity contribution in [2.24, 2.45) is 0 Å². The first-order chi connectivity index (χ1) is 7.94. The molecule has 1 aromatic heterocycles. The first kappa shape index (κ1) is 12.6. The monoisotopic (exact) mass is 335 g/mol. The molecule has 17 heavy (non-hydrogen) atoms. The fourth-order valence-corrected chi connectivity index (χ4v) is 2.40. The first-order valence-electron chi connectivity index (χ1n) is 4.58. The summed E-state index contributed by atoms with van der Waals surface area (Å²) in [6.45, 7) is 0. The molecule has 0 bridgehead atoms. The Bertz CT molecular complexity index is 621. The van der Waals surface area contributed by atoms with Gasteiger partial charge in [-0.1, -0.05) is 33.2 Å². The molecule has 90 valence electrons. The SMILES string of the molecule is O=S(=O)(Cl)Cc1cc(-c2ccc(Br)cc2)on1. The molecule has 0 atom stereocenters. The number of hydrogen-bond acceptors (Lipinski definition) is 4. The van der Waals surface area contributed by atoms with Crippen molar-refractivity contribution in [2.45, 2.75) is 5.75 Å². The fourth-order valence-electron chi connectivity index (χ4n) is 1.31. The fraction of sp³-hybridized carbons (Fsp3) is 0.100. The zero-order chi connectivity index (χ0) is 12.5. The zero-order valence-corrected chi connectivity index (χ0v) is 11.6. The summed E-state index contributed by atoms with van der Waals surface area (Å²) in [6.07, 6.45) is 0. The van der Waals surface area contributed by atoms with Crippen LogP contribution in [0.2, 0.25) is 0 Å². The number of halogens is 2. The number of benzene rings is 1. The van der Waals surface area contributed by atoms with Crippen molar-refractivity contribution < 1.29 is 12.9 Å². The Hall–Kier alpha value is -0.850. The number of rotatable bonds is 3. The molecule has 0 aliphatic rings. The summed E-state index contributed by atoms with van der Waals surface area (Å²) in [5, 5.41) is 3.65. The molecule has 4 nitrogen and oxygen atoms in total. The molecule has 1 aromatic carbocycles. The lowest BCUT2D eigenvalue weighted by Crippen LogP contribution is -1.94. The lowest BCUT2D eigenvalue weighted by atomic mass is 10.2. The van der Waals surface area contributed by atoms with E-state index in [2.05, 4.69) is 21.1 Å². The summed E-state index contributed by atoms with van der Waals surface area (Å²) in [5.41, 5.74) is 1.11. The normalized spacial score (nSPS) is 11.6. The van der Waals surface area contributed by atoms with E-state index in [-0.39, 0.29) is 11.4 Å². The van der Waals surface area contributed by atoms with Gasteiger partial charge >= 0.3 is 0 Å². The highest BCUT2D eigenvalue weighted by Crippen LogP contribution is 2.23. The third-order valence-electron chi connectivity index (χ3n) is 2.01. The number of hydrogen-bond donors (Lipinski definition) is 0. The molecule has 0 saturated heterocycles. The van der Waals surface area contributed by atoms with Crippen molar-refractivity contribution >= 4 is 35.7 Å². The van der Waals surface area contributed by atoms with Gasteiger partial charge in [0.15, 0.2) is 5.76 Å². The van der Waals surface area contributed by atoms with E-state index < -0.39 is 9.05 Å². The molecule has 7 heteroatoms. The van der Waals surface area contributed by atoms with Crippen LogP contribution in [0.1, 0.15) is 5.69 Å². The van der Waals surface area contributed by atoms with E-state index in [4.69, 9.17) is 15.2 Å². The first-order valence-corrected chi connectivity index (χ1v) is 7.85. The average molecular weight is 337 g/mol. The van der Waals surface area contributed by atoms with Crippen LogP contribution in [0.15, 0.2) is 39.3 Å². The summed E-state index contributed by atoms with van der Waals surface area (Å²) < 4.78 is 27.7.